The molecule has 0 bridgehead atoms. The molecule has 0 atom stereocenters. The maximum atomic E-state index is 4.52. The van der Waals surface area contributed by atoms with Gasteiger partial charge in [-0.1, -0.05) is 17.7 Å². The van der Waals surface area contributed by atoms with Crippen molar-refractivity contribution in [3.8, 4) is 0 Å². The molecule has 0 aliphatic heterocycles. The van der Waals surface area contributed by atoms with Crippen molar-refractivity contribution in [2.45, 2.75) is 27.7 Å². The van der Waals surface area contributed by atoms with E-state index in [1.165, 1.54) is 11.1 Å². The number of aromatic nitrogens is 2. The van der Waals surface area contributed by atoms with E-state index >= 15 is 0 Å². The SMILES string of the molecule is Cc1ccc(Nc2cc(C)nc3nc(C)ccc23)c(C)c1. The molecule has 0 aliphatic carbocycles. The normalized spacial score (nSPS) is 10.9. The monoisotopic (exact) mass is 277 g/mol. The molecule has 0 unspecified atom stereocenters. The van der Waals surface area contributed by atoms with Crippen LogP contribution in [-0.2, 0) is 0 Å². The fourth-order valence-electron chi connectivity index (χ4n) is 2.53. The van der Waals surface area contributed by atoms with Crippen LogP contribution in [0.1, 0.15) is 22.5 Å². The number of benzene rings is 1. The number of pyridine rings is 2. The highest BCUT2D eigenvalue weighted by molar-refractivity contribution is 5.91. The van der Waals surface area contributed by atoms with Crippen molar-refractivity contribution < 1.29 is 0 Å². The van der Waals surface area contributed by atoms with Gasteiger partial charge in [0.2, 0.25) is 0 Å². The van der Waals surface area contributed by atoms with Gasteiger partial charge in [-0.15, -0.1) is 0 Å². The second-order valence-corrected chi connectivity index (χ2v) is 5.58. The van der Waals surface area contributed by atoms with Crippen molar-refractivity contribution in [1.29, 1.82) is 0 Å². The minimum absolute atomic E-state index is 0.794. The molecule has 0 saturated carbocycles. The summed E-state index contributed by atoms with van der Waals surface area (Å²) in [6.45, 7) is 8.21. The third-order valence-electron chi connectivity index (χ3n) is 3.59. The first kappa shape index (κ1) is 13.6. The lowest BCUT2D eigenvalue weighted by atomic mass is 10.1. The molecule has 21 heavy (non-hydrogen) atoms. The highest BCUT2D eigenvalue weighted by Gasteiger charge is 2.07. The molecule has 0 radical (unpaired) electrons. The number of aryl methyl sites for hydroxylation is 4. The Labute approximate surface area is 125 Å². The van der Waals surface area contributed by atoms with Crippen molar-refractivity contribution in [3.05, 3.63) is 58.9 Å². The standard InChI is InChI=1S/C18H19N3/c1-11-5-8-16(12(2)9-11)21-17-10-14(4)20-18-15(17)7-6-13(3)19-18/h5-10H,1-4H3,(H,19,20,21). The molecule has 3 heteroatoms. The van der Waals surface area contributed by atoms with Gasteiger partial charge in [0.15, 0.2) is 5.65 Å². The zero-order chi connectivity index (χ0) is 15.0. The van der Waals surface area contributed by atoms with Crippen LogP contribution >= 0.6 is 0 Å². The van der Waals surface area contributed by atoms with Crippen LogP contribution in [0.5, 0.6) is 0 Å². The molecule has 0 saturated heterocycles. The average Bonchev–Trinajstić information content (AvgIpc) is 2.41. The number of anilines is 2. The average molecular weight is 277 g/mol. The highest BCUT2D eigenvalue weighted by atomic mass is 14.9. The number of fused-ring (bicyclic) bond motifs is 1. The summed E-state index contributed by atoms with van der Waals surface area (Å²) in [5.74, 6) is 0. The third-order valence-corrected chi connectivity index (χ3v) is 3.59. The van der Waals surface area contributed by atoms with Gasteiger partial charge in [-0.25, -0.2) is 9.97 Å². The number of hydrogen-bond acceptors (Lipinski definition) is 3. The van der Waals surface area contributed by atoms with Crippen LogP contribution < -0.4 is 5.32 Å². The van der Waals surface area contributed by atoms with Crippen LogP contribution in [0.2, 0.25) is 0 Å². The van der Waals surface area contributed by atoms with Crippen LogP contribution in [0.15, 0.2) is 36.4 Å². The number of nitrogens with one attached hydrogen (secondary N) is 1. The lowest BCUT2D eigenvalue weighted by molar-refractivity contribution is 1.16. The van der Waals surface area contributed by atoms with E-state index in [-0.39, 0.29) is 0 Å². The molecule has 106 valence electrons. The Morgan fingerprint density at radius 2 is 1.52 bits per heavy atom. The lowest BCUT2D eigenvalue weighted by Gasteiger charge is -2.13. The quantitative estimate of drug-likeness (QED) is 0.743. The fraction of sp³-hybridized carbons (Fsp3) is 0.222. The third kappa shape index (κ3) is 2.72. The zero-order valence-electron chi connectivity index (χ0n) is 12.9. The topological polar surface area (TPSA) is 37.8 Å². The smallest absolute Gasteiger partial charge is 0.161 e. The van der Waals surface area contributed by atoms with Gasteiger partial charge in [-0.2, -0.15) is 0 Å². The van der Waals surface area contributed by atoms with E-state index in [1.807, 2.05) is 19.9 Å². The van der Waals surface area contributed by atoms with Crippen molar-refractivity contribution in [1.82, 2.24) is 9.97 Å². The number of hydrogen-bond donors (Lipinski definition) is 1. The first-order valence-electron chi connectivity index (χ1n) is 7.12. The Balaban J connectivity index is 2.11. The first-order chi connectivity index (χ1) is 10.0. The second-order valence-electron chi connectivity index (χ2n) is 5.58. The van der Waals surface area contributed by atoms with Gasteiger partial charge in [0.05, 0.1) is 5.69 Å². The minimum Gasteiger partial charge on any atom is -0.355 e. The molecule has 3 aromatic rings. The predicted molar refractivity (Wildman–Crippen MR) is 88.2 cm³/mol. The molecule has 0 spiro atoms. The van der Waals surface area contributed by atoms with Crippen LogP contribution in [0.3, 0.4) is 0 Å². The van der Waals surface area contributed by atoms with E-state index in [0.29, 0.717) is 0 Å². The van der Waals surface area contributed by atoms with Crippen LogP contribution in [0, 0.1) is 27.7 Å². The first-order valence-corrected chi connectivity index (χ1v) is 7.12. The van der Waals surface area contributed by atoms with Crippen molar-refractivity contribution in [2.75, 3.05) is 5.32 Å². The van der Waals surface area contributed by atoms with Crippen molar-refractivity contribution in [3.63, 3.8) is 0 Å². The summed E-state index contributed by atoms with van der Waals surface area (Å²) in [6.07, 6.45) is 0. The van der Waals surface area contributed by atoms with Gasteiger partial charge in [-0.3, -0.25) is 0 Å². The number of rotatable bonds is 2. The molecule has 0 amide bonds. The Morgan fingerprint density at radius 3 is 2.29 bits per heavy atom. The van der Waals surface area contributed by atoms with E-state index in [9.17, 15) is 0 Å². The van der Waals surface area contributed by atoms with Crippen molar-refractivity contribution >= 4 is 22.4 Å². The molecular formula is C18H19N3. The van der Waals surface area contributed by atoms with E-state index in [2.05, 4.69) is 59.5 Å². The number of nitrogens with zero attached hydrogens (tertiary/aromatic N) is 2. The second kappa shape index (κ2) is 5.17. The molecule has 1 aromatic carbocycles. The molecule has 3 rings (SSSR count). The summed E-state index contributed by atoms with van der Waals surface area (Å²) in [5, 5.41) is 4.57. The highest BCUT2D eigenvalue weighted by Crippen LogP contribution is 2.27. The van der Waals surface area contributed by atoms with Gasteiger partial charge >= 0.3 is 0 Å². The molecule has 2 aromatic heterocycles. The van der Waals surface area contributed by atoms with Gasteiger partial charge in [0.25, 0.3) is 0 Å². The molecule has 2 heterocycles. The van der Waals surface area contributed by atoms with Gasteiger partial charge in [0, 0.05) is 22.5 Å². The molecule has 0 aliphatic rings. The fourth-order valence-corrected chi connectivity index (χ4v) is 2.53. The summed E-state index contributed by atoms with van der Waals surface area (Å²) < 4.78 is 0. The summed E-state index contributed by atoms with van der Waals surface area (Å²) in [6, 6.07) is 12.6. The Morgan fingerprint density at radius 1 is 0.762 bits per heavy atom. The summed E-state index contributed by atoms with van der Waals surface area (Å²) in [5.41, 5.74) is 7.42. The Hall–Kier alpha value is -2.42. The largest absolute Gasteiger partial charge is 0.355 e. The van der Waals surface area contributed by atoms with E-state index in [1.54, 1.807) is 0 Å². The van der Waals surface area contributed by atoms with Crippen LogP contribution in [0.25, 0.3) is 11.0 Å². The van der Waals surface area contributed by atoms with E-state index in [4.69, 9.17) is 0 Å². The van der Waals surface area contributed by atoms with Gasteiger partial charge < -0.3 is 5.32 Å². The molecular weight excluding hydrogens is 258 g/mol. The van der Waals surface area contributed by atoms with Gasteiger partial charge in [-0.05, 0) is 57.5 Å². The summed E-state index contributed by atoms with van der Waals surface area (Å²) in [4.78, 5) is 9.05. The molecule has 3 nitrogen and oxygen atoms in total. The van der Waals surface area contributed by atoms with Crippen LogP contribution in [0.4, 0.5) is 11.4 Å². The van der Waals surface area contributed by atoms with Gasteiger partial charge in [0.1, 0.15) is 0 Å². The minimum atomic E-state index is 0.794. The predicted octanol–water partition coefficient (Wildman–Crippen LogP) is 4.61. The maximum Gasteiger partial charge on any atom is 0.161 e. The summed E-state index contributed by atoms with van der Waals surface area (Å²) >= 11 is 0. The summed E-state index contributed by atoms with van der Waals surface area (Å²) in [7, 11) is 0. The molecule has 1 N–H and O–H groups in total. The van der Waals surface area contributed by atoms with E-state index < -0.39 is 0 Å². The zero-order valence-corrected chi connectivity index (χ0v) is 12.9. The van der Waals surface area contributed by atoms with Crippen molar-refractivity contribution in [2.24, 2.45) is 0 Å². The maximum absolute atomic E-state index is 4.52. The Bertz CT molecular complexity index is 817. The lowest BCUT2D eigenvalue weighted by Crippen LogP contribution is -1.98. The van der Waals surface area contributed by atoms with Crippen LogP contribution in [-0.4, -0.2) is 9.97 Å². The molecule has 0 fully saturated rings. The Kier molecular flexibility index (Phi) is 3.34. The van der Waals surface area contributed by atoms with E-state index in [0.717, 1.165) is 33.8 Å².